The highest BCUT2D eigenvalue weighted by Gasteiger charge is 2.27. The fourth-order valence-corrected chi connectivity index (χ4v) is 4.12. The number of hydrogen-bond acceptors (Lipinski definition) is 6. The summed E-state index contributed by atoms with van der Waals surface area (Å²) in [4.78, 5) is 18.7. The first kappa shape index (κ1) is 17.9. The Morgan fingerprint density at radius 1 is 1.07 bits per heavy atom. The predicted octanol–water partition coefficient (Wildman–Crippen LogP) is 1.97. The second-order valence-electron chi connectivity index (χ2n) is 7.62. The van der Waals surface area contributed by atoms with E-state index >= 15 is 0 Å². The molecule has 1 amide bonds. The number of amides is 1. The van der Waals surface area contributed by atoms with E-state index in [1.807, 2.05) is 12.1 Å². The Kier molecular flexibility index (Phi) is 5.60. The minimum absolute atomic E-state index is 0.0270. The molecule has 144 valence electrons. The summed E-state index contributed by atoms with van der Waals surface area (Å²) in [5, 5.41) is 15.8. The van der Waals surface area contributed by atoms with E-state index in [9.17, 15) is 4.79 Å². The molecule has 1 saturated heterocycles. The molecule has 1 aliphatic heterocycles. The number of piperidine rings is 1. The predicted molar refractivity (Wildman–Crippen MR) is 101 cm³/mol. The van der Waals surface area contributed by atoms with Crippen molar-refractivity contribution in [1.82, 2.24) is 30.3 Å². The van der Waals surface area contributed by atoms with E-state index in [0.717, 1.165) is 31.7 Å². The zero-order valence-electron chi connectivity index (χ0n) is 15.6. The lowest BCUT2D eigenvalue weighted by Gasteiger charge is -2.33. The van der Waals surface area contributed by atoms with Crippen LogP contribution >= 0.6 is 0 Å². The number of rotatable bonds is 5. The Balaban J connectivity index is 1.32. The van der Waals surface area contributed by atoms with Gasteiger partial charge in [-0.1, -0.05) is 19.3 Å². The highest BCUT2D eigenvalue weighted by atomic mass is 16.1. The molecule has 3 heterocycles. The van der Waals surface area contributed by atoms with E-state index in [-0.39, 0.29) is 11.8 Å². The summed E-state index contributed by atoms with van der Waals surface area (Å²) in [7, 11) is 0. The normalized spacial score (nSPS) is 21.2. The van der Waals surface area contributed by atoms with Gasteiger partial charge >= 0.3 is 0 Å². The minimum atomic E-state index is 0.0270. The zero-order valence-corrected chi connectivity index (χ0v) is 15.6. The standard InChI is InChI=1S/C19H27N7O/c27-19(21-11-15-5-2-1-3-6-15)16-7-4-10-25(12-16)17-8-9-18(24-23-17)26-14-20-13-22-26/h8-9,13-16H,1-7,10-12H2,(H,21,27). The summed E-state index contributed by atoms with van der Waals surface area (Å²) in [5.74, 6) is 2.33. The average Bonchev–Trinajstić information content (AvgIpc) is 3.28. The van der Waals surface area contributed by atoms with E-state index in [1.54, 1.807) is 11.0 Å². The molecule has 2 aliphatic rings. The molecular formula is C19H27N7O. The van der Waals surface area contributed by atoms with Crippen molar-refractivity contribution in [3.8, 4) is 5.82 Å². The lowest BCUT2D eigenvalue weighted by atomic mass is 9.89. The molecule has 0 radical (unpaired) electrons. The third-order valence-electron chi connectivity index (χ3n) is 5.70. The van der Waals surface area contributed by atoms with Gasteiger partial charge in [-0.05, 0) is 43.7 Å². The quantitative estimate of drug-likeness (QED) is 0.867. The minimum Gasteiger partial charge on any atom is -0.356 e. The van der Waals surface area contributed by atoms with Gasteiger partial charge in [0.25, 0.3) is 0 Å². The third-order valence-corrected chi connectivity index (χ3v) is 5.70. The van der Waals surface area contributed by atoms with Crippen LogP contribution in [0.1, 0.15) is 44.9 Å². The summed E-state index contributed by atoms with van der Waals surface area (Å²) >= 11 is 0. The van der Waals surface area contributed by atoms with Crippen LogP contribution in [-0.4, -0.2) is 50.5 Å². The van der Waals surface area contributed by atoms with Gasteiger partial charge in [0.05, 0.1) is 5.92 Å². The van der Waals surface area contributed by atoms with Gasteiger partial charge in [-0.2, -0.15) is 5.10 Å². The summed E-state index contributed by atoms with van der Waals surface area (Å²) in [6.45, 7) is 2.44. The smallest absolute Gasteiger partial charge is 0.224 e. The Morgan fingerprint density at radius 3 is 2.63 bits per heavy atom. The molecule has 0 spiro atoms. The summed E-state index contributed by atoms with van der Waals surface area (Å²) < 4.78 is 1.58. The number of nitrogens with one attached hydrogen (secondary N) is 1. The highest BCUT2D eigenvalue weighted by Crippen LogP contribution is 2.24. The number of aromatic nitrogens is 5. The highest BCUT2D eigenvalue weighted by molar-refractivity contribution is 5.79. The lowest BCUT2D eigenvalue weighted by Crippen LogP contribution is -2.44. The number of hydrogen-bond donors (Lipinski definition) is 1. The number of carbonyl (C=O) groups is 1. The average molecular weight is 369 g/mol. The SMILES string of the molecule is O=C(NCC1CCCCC1)C1CCCN(c2ccc(-n3cncn3)nn2)C1. The maximum atomic E-state index is 12.6. The molecule has 1 unspecified atom stereocenters. The Labute approximate surface area is 159 Å². The Bertz CT molecular complexity index is 725. The first-order chi connectivity index (χ1) is 13.3. The van der Waals surface area contributed by atoms with Crippen LogP contribution in [0.3, 0.4) is 0 Å². The van der Waals surface area contributed by atoms with Crippen LogP contribution < -0.4 is 10.2 Å². The Morgan fingerprint density at radius 2 is 1.89 bits per heavy atom. The maximum absolute atomic E-state index is 12.6. The molecule has 1 atom stereocenters. The number of nitrogens with zero attached hydrogens (tertiary/aromatic N) is 6. The first-order valence-corrected chi connectivity index (χ1v) is 10.0. The first-order valence-electron chi connectivity index (χ1n) is 10.0. The summed E-state index contributed by atoms with van der Waals surface area (Å²) in [5.41, 5.74) is 0. The molecule has 8 nitrogen and oxygen atoms in total. The van der Waals surface area contributed by atoms with Crippen LogP contribution in [0.5, 0.6) is 0 Å². The maximum Gasteiger partial charge on any atom is 0.224 e. The fourth-order valence-electron chi connectivity index (χ4n) is 4.12. The van der Waals surface area contributed by atoms with Crippen LogP contribution in [-0.2, 0) is 4.79 Å². The van der Waals surface area contributed by atoms with Crippen molar-refractivity contribution in [3.63, 3.8) is 0 Å². The molecular weight excluding hydrogens is 342 g/mol. The fraction of sp³-hybridized carbons (Fsp3) is 0.632. The van der Waals surface area contributed by atoms with Crippen LogP contribution in [0, 0.1) is 11.8 Å². The van der Waals surface area contributed by atoms with Crippen molar-refractivity contribution in [2.75, 3.05) is 24.5 Å². The largest absolute Gasteiger partial charge is 0.356 e. The zero-order chi connectivity index (χ0) is 18.5. The molecule has 8 heteroatoms. The number of carbonyl (C=O) groups excluding carboxylic acids is 1. The molecule has 4 rings (SSSR count). The van der Waals surface area contributed by atoms with Crippen LogP contribution in [0.2, 0.25) is 0 Å². The van der Waals surface area contributed by atoms with Crippen LogP contribution in [0.15, 0.2) is 24.8 Å². The monoisotopic (exact) mass is 369 g/mol. The van der Waals surface area contributed by atoms with Crippen LogP contribution in [0.4, 0.5) is 5.82 Å². The summed E-state index contributed by atoms with van der Waals surface area (Å²) in [6.07, 6.45) is 11.5. The van der Waals surface area contributed by atoms with Gasteiger partial charge < -0.3 is 10.2 Å². The van der Waals surface area contributed by atoms with Gasteiger partial charge in [-0.3, -0.25) is 4.79 Å². The van der Waals surface area contributed by atoms with Gasteiger partial charge in [-0.15, -0.1) is 10.2 Å². The molecule has 2 aromatic heterocycles. The molecule has 1 N–H and O–H groups in total. The van der Waals surface area contributed by atoms with E-state index in [2.05, 4.69) is 30.5 Å². The van der Waals surface area contributed by atoms with Crippen molar-refractivity contribution >= 4 is 11.7 Å². The second kappa shape index (κ2) is 8.45. The lowest BCUT2D eigenvalue weighted by molar-refractivity contribution is -0.125. The molecule has 2 aromatic rings. The van der Waals surface area contributed by atoms with Crippen molar-refractivity contribution in [2.45, 2.75) is 44.9 Å². The van der Waals surface area contributed by atoms with E-state index in [1.165, 1.54) is 38.4 Å². The van der Waals surface area contributed by atoms with Crippen molar-refractivity contribution in [1.29, 1.82) is 0 Å². The van der Waals surface area contributed by atoms with Crippen molar-refractivity contribution in [3.05, 3.63) is 24.8 Å². The van der Waals surface area contributed by atoms with E-state index in [4.69, 9.17) is 0 Å². The van der Waals surface area contributed by atoms with Gasteiger partial charge in [0.1, 0.15) is 12.7 Å². The van der Waals surface area contributed by atoms with Crippen LogP contribution in [0.25, 0.3) is 5.82 Å². The van der Waals surface area contributed by atoms with Crippen molar-refractivity contribution < 1.29 is 4.79 Å². The number of anilines is 1. The molecule has 1 aliphatic carbocycles. The third kappa shape index (κ3) is 4.43. The van der Waals surface area contributed by atoms with Gasteiger partial charge in [0.2, 0.25) is 5.91 Å². The van der Waals surface area contributed by atoms with E-state index < -0.39 is 0 Å². The van der Waals surface area contributed by atoms with Gasteiger partial charge in [-0.25, -0.2) is 9.67 Å². The second-order valence-corrected chi connectivity index (χ2v) is 7.62. The molecule has 1 saturated carbocycles. The summed E-state index contributed by atoms with van der Waals surface area (Å²) in [6, 6.07) is 3.82. The topological polar surface area (TPSA) is 88.8 Å². The molecule has 0 bridgehead atoms. The van der Waals surface area contributed by atoms with Gasteiger partial charge in [0.15, 0.2) is 11.6 Å². The van der Waals surface area contributed by atoms with Crippen molar-refractivity contribution in [2.24, 2.45) is 11.8 Å². The van der Waals surface area contributed by atoms with E-state index in [0.29, 0.717) is 18.3 Å². The molecule has 2 fully saturated rings. The molecule has 0 aromatic carbocycles. The Hall–Kier alpha value is -2.51. The molecule has 27 heavy (non-hydrogen) atoms. The van der Waals surface area contributed by atoms with Gasteiger partial charge in [0, 0.05) is 19.6 Å².